The van der Waals surface area contributed by atoms with Gasteiger partial charge in [0.1, 0.15) is 0 Å². The minimum atomic E-state index is -1.05. The Bertz CT molecular complexity index is 1210. The van der Waals surface area contributed by atoms with Crippen LogP contribution in [0.4, 0.5) is 0 Å². The summed E-state index contributed by atoms with van der Waals surface area (Å²) in [6, 6.07) is 6.10. The molecule has 250 valence electrons. The van der Waals surface area contributed by atoms with E-state index in [1.54, 1.807) is 26.4 Å². The van der Waals surface area contributed by atoms with Gasteiger partial charge in [-0.05, 0) is 69.6 Å². The van der Waals surface area contributed by atoms with Gasteiger partial charge in [-0.15, -0.1) is 0 Å². The molecule has 1 fully saturated rings. The molecule has 1 saturated heterocycles. The summed E-state index contributed by atoms with van der Waals surface area (Å²) in [5, 5.41) is 8.84. The number of fused-ring (bicyclic) bond motifs is 5. The van der Waals surface area contributed by atoms with E-state index in [0.29, 0.717) is 53.3 Å². The quantitative estimate of drug-likeness (QED) is 0.447. The SMILES string of the molecule is COc1cc(C(=O)O)cc(OC)c1OC.COc1cc2cc(c1OC)OCCCCCCN1CCCN(CCCOC2=O)CC1. The number of ether oxygens (including phenoxy) is 7. The van der Waals surface area contributed by atoms with Gasteiger partial charge < -0.3 is 48.1 Å². The highest BCUT2D eigenvalue weighted by Crippen LogP contribution is 2.39. The number of hydrogen-bond donors (Lipinski definition) is 1. The van der Waals surface area contributed by atoms with E-state index in [2.05, 4.69) is 9.80 Å². The monoisotopic (exact) mass is 632 g/mol. The molecule has 2 heterocycles. The lowest BCUT2D eigenvalue weighted by Crippen LogP contribution is -2.32. The minimum absolute atomic E-state index is 0.0875. The molecule has 0 amide bonds. The second kappa shape index (κ2) is 18.8. The number of carbonyl (C=O) groups is 2. The van der Waals surface area contributed by atoms with Gasteiger partial charge in [0.05, 0.1) is 59.9 Å². The van der Waals surface area contributed by atoms with Crippen molar-refractivity contribution in [3.8, 4) is 34.5 Å². The van der Waals surface area contributed by atoms with Crippen LogP contribution in [0.3, 0.4) is 0 Å². The summed E-state index contributed by atoms with van der Waals surface area (Å²) in [6.45, 7) is 7.67. The van der Waals surface area contributed by atoms with Crippen molar-refractivity contribution in [3.05, 3.63) is 35.4 Å². The molecule has 2 aromatic rings. The zero-order valence-electron chi connectivity index (χ0n) is 27.2. The standard InChI is InChI=1S/C23H36N2O5.C10H12O5/c1-27-20-17-19-18-21(22(20)28-2)29-15-6-4-3-5-9-24-10-7-11-25(14-13-24)12-8-16-30-23(19)26;1-13-7-4-6(10(11)12)5-8(14-2)9(7)15-3/h17-18H,3-16H2,1-2H3;4-5H,1-3H3,(H,11,12). The first-order valence-electron chi connectivity index (χ1n) is 15.4. The van der Waals surface area contributed by atoms with E-state index in [-0.39, 0.29) is 11.5 Å². The van der Waals surface area contributed by atoms with E-state index in [0.717, 1.165) is 45.4 Å². The van der Waals surface area contributed by atoms with Crippen LogP contribution in [0.25, 0.3) is 0 Å². The van der Waals surface area contributed by atoms with E-state index in [1.165, 1.54) is 65.8 Å². The summed E-state index contributed by atoms with van der Waals surface area (Å²) >= 11 is 0. The van der Waals surface area contributed by atoms with Crippen molar-refractivity contribution in [2.75, 3.05) is 88.0 Å². The molecule has 1 N–H and O–H groups in total. The first-order valence-corrected chi connectivity index (χ1v) is 15.4. The molecule has 0 radical (unpaired) electrons. The maximum atomic E-state index is 12.6. The Labute approximate surface area is 266 Å². The molecule has 0 aliphatic carbocycles. The molecule has 12 heteroatoms. The molecule has 4 rings (SSSR count). The minimum Gasteiger partial charge on any atom is -0.493 e. The molecule has 2 aliphatic heterocycles. The first kappa shape index (κ1) is 35.6. The molecular weight excluding hydrogens is 584 g/mol. The summed E-state index contributed by atoms with van der Waals surface area (Å²) in [6.07, 6.45) is 6.57. The van der Waals surface area contributed by atoms with Gasteiger partial charge in [-0.3, -0.25) is 0 Å². The highest BCUT2D eigenvalue weighted by molar-refractivity contribution is 5.91. The molecule has 4 bridgehead atoms. The Kier molecular flexibility index (Phi) is 14.9. The molecule has 2 aromatic carbocycles. The van der Waals surface area contributed by atoms with E-state index < -0.39 is 5.97 Å². The first-order chi connectivity index (χ1) is 21.8. The predicted octanol–water partition coefficient (Wildman–Crippen LogP) is 4.62. The van der Waals surface area contributed by atoms with Crippen LogP contribution in [-0.4, -0.2) is 115 Å². The fourth-order valence-corrected chi connectivity index (χ4v) is 5.34. The van der Waals surface area contributed by atoms with Gasteiger partial charge >= 0.3 is 11.9 Å². The van der Waals surface area contributed by atoms with Crippen molar-refractivity contribution in [1.29, 1.82) is 0 Å². The van der Waals surface area contributed by atoms with Crippen molar-refractivity contribution in [3.63, 3.8) is 0 Å². The van der Waals surface area contributed by atoms with Crippen LogP contribution in [0.2, 0.25) is 0 Å². The lowest BCUT2D eigenvalue weighted by molar-refractivity contribution is 0.0487. The zero-order valence-corrected chi connectivity index (χ0v) is 27.2. The van der Waals surface area contributed by atoms with Crippen LogP contribution in [0.1, 0.15) is 59.2 Å². The fourth-order valence-electron chi connectivity index (χ4n) is 5.34. The highest BCUT2D eigenvalue weighted by Gasteiger charge is 2.20. The predicted molar refractivity (Wildman–Crippen MR) is 169 cm³/mol. The molecule has 45 heavy (non-hydrogen) atoms. The van der Waals surface area contributed by atoms with Gasteiger partial charge in [-0.1, -0.05) is 12.8 Å². The lowest BCUT2D eigenvalue weighted by atomic mass is 10.1. The molecule has 0 saturated carbocycles. The van der Waals surface area contributed by atoms with Crippen molar-refractivity contribution in [1.82, 2.24) is 9.80 Å². The molecule has 0 spiro atoms. The number of cyclic esters (lactones) is 1. The van der Waals surface area contributed by atoms with Gasteiger partial charge in [-0.25, -0.2) is 9.59 Å². The third kappa shape index (κ3) is 10.6. The summed E-state index contributed by atoms with van der Waals surface area (Å²) in [5.74, 6) is 1.13. The number of carbonyl (C=O) groups excluding carboxylic acids is 1. The number of carboxylic acid groups (broad SMARTS) is 1. The second-order valence-electron chi connectivity index (χ2n) is 10.7. The maximum absolute atomic E-state index is 12.6. The molecule has 0 aromatic heterocycles. The Morgan fingerprint density at radius 2 is 1.16 bits per heavy atom. The molecular formula is C33H48N2O10. The number of hydrogen-bond acceptors (Lipinski definition) is 11. The molecule has 2 atom stereocenters. The Morgan fingerprint density at radius 1 is 0.622 bits per heavy atom. The average Bonchev–Trinajstić information content (AvgIpc) is 3.29. The normalized spacial score (nSPS) is 19.4. The number of esters is 1. The van der Waals surface area contributed by atoms with Crippen LogP contribution in [0, 0.1) is 0 Å². The van der Waals surface area contributed by atoms with E-state index in [1.807, 2.05) is 0 Å². The topological polar surface area (TPSA) is 125 Å². The van der Waals surface area contributed by atoms with E-state index in [4.69, 9.17) is 38.3 Å². The molecule has 2 aliphatic rings. The Morgan fingerprint density at radius 3 is 1.73 bits per heavy atom. The van der Waals surface area contributed by atoms with Crippen molar-refractivity contribution < 1.29 is 47.9 Å². The zero-order chi connectivity index (χ0) is 32.6. The summed E-state index contributed by atoms with van der Waals surface area (Å²) in [4.78, 5) is 28.5. The summed E-state index contributed by atoms with van der Waals surface area (Å²) < 4.78 is 37.4. The van der Waals surface area contributed by atoms with Crippen LogP contribution < -0.4 is 28.4 Å². The summed E-state index contributed by atoms with van der Waals surface area (Å²) in [7, 11) is 7.46. The summed E-state index contributed by atoms with van der Waals surface area (Å²) in [5.41, 5.74) is 0.510. The Hall–Kier alpha value is -3.90. The lowest BCUT2D eigenvalue weighted by Gasteiger charge is -2.21. The van der Waals surface area contributed by atoms with Crippen LogP contribution >= 0.6 is 0 Å². The van der Waals surface area contributed by atoms with E-state index >= 15 is 0 Å². The van der Waals surface area contributed by atoms with E-state index in [9.17, 15) is 9.59 Å². The van der Waals surface area contributed by atoms with Gasteiger partial charge in [0.25, 0.3) is 0 Å². The molecule has 12 nitrogen and oxygen atoms in total. The van der Waals surface area contributed by atoms with Gasteiger partial charge in [-0.2, -0.15) is 0 Å². The van der Waals surface area contributed by atoms with Crippen LogP contribution in [0.5, 0.6) is 34.5 Å². The largest absolute Gasteiger partial charge is 0.493 e. The highest BCUT2D eigenvalue weighted by atomic mass is 16.5. The number of benzene rings is 2. The third-order valence-corrected chi connectivity index (χ3v) is 7.75. The molecule has 2 unspecified atom stereocenters. The van der Waals surface area contributed by atoms with Gasteiger partial charge in [0.15, 0.2) is 23.0 Å². The second-order valence-corrected chi connectivity index (χ2v) is 10.7. The number of methoxy groups -OCH3 is 5. The number of carboxylic acids is 1. The Balaban J connectivity index is 0.000000309. The van der Waals surface area contributed by atoms with Crippen LogP contribution in [0.15, 0.2) is 24.3 Å². The number of nitrogens with zero attached hydrogens (tertiary/aromatic N) is 2. The van der Waals surface area contributed by atoms with Crippen molar-refractivity contribution >= 4 is 11.9 Å². The van der Waals surface area contributed by atoms with Gasteiger partial charge in [0.2, 0.25) is 11.5 Å². The smallest absolute Gasteiger partial charge is 0.338 e. The number of aromatic carboxylic acids is 1. The third-order valence-electron chi connectivity index (χ3n) is 7.75. The van der Waals surface area contributed by atoms with Crippen molar-refractivity contribution in [2.24, 2.45) is 0 Å². The van der Waals surface area contributed by atoms with Crippen molar-refractivity contribution in [2.45, 2.75) is 38.5 Å². The maximum Gasteiger partial charge on any atom is 0.338 e. The van der Waals surface area contributed by atoms with Gasteiger partial charge in [0, 0.05) is 19.6 Å². The van der Waals surface area contributed by atoms with Crippen LogP contribution in [-0.2, 0) is 4.74 Å². The average molecular weight is 633 g/mol. The number of rotatable bonds is 6. The fraction of sp³-hybridized carbons (Fsp3) is 0.576.